The highest BCUT2D eigenvalue weighted by molar-refractivity contribution is 6.33. The van der Waals surface area contributed by atoms with Crippen LogP contribution in [0.15, 0.2) is 30.5 Å². The minimum absolute atomic E-state index is 0.0282. The van der Waals surface area contributed by atoms with Crippen LogP contribution in [-0.2, 0) is 25.6 Å². The number of pyridine rings is 2. The number of carbonyl (C=O) groups is 1. The van der Waals surface area contributed by atoms with Crippen molar-refractivity contribution in [2.45, 2.75) is 111 Å². The number of hydrogen-bond acceptors (Lipinski definition) is 13. The van der Waals surface area contributed by atoms with Crippen LogP contribution < -0.4 is 16.0 Å². The molecule has 0 aromatic carbocycles. The van der Waals surface area contributed by atoms with E-state index in [9.17, 15) is 10.1 Å². The number of anilines is 2. The summed E-state index contributed by atoms with van der Waals surface area (Å²) in [5.41, 5.74) is 0.462. The molecular formula is C37H53ClN10O4. The van der Waals surface area contributed by atoms with Gasteiger partial charge in [-0.05, 0) is 89.6 Å². The summed E-state index contributed by atoms with van der Waals surface area (Å²) in [6.45, 7) is 13.9. The van der Waals surface area contributed by atoms with Gasteiger partial charge in [-0.1, -0.05) is 31.5 Å². The molecule has 2 fully saturated rings. The molecule has 3 N–H and O–H groups in total. The van der Waals surface area contributed by atoms with Crippen molar-refractivity contribution in [2.24, 2.45) is 16.7 Å². The molecule has 1 aliphatic carbocycles. The molecule has 0 amide bonds. The summed E-state index contributed by atoms with van der Waals surface area (Å²) in [5, 5.41) is 33.7. The Kier molecular flexibility index (Phi) is 13.4. The molecule has 0 unspecified atom stereocenters. The van der Waals surface area contributed by atoms with Gasteiger partial charge in [0.15, 0.2) is 0 Å². The summed E-state index contributed by atoms with van der Waals surface area (Å²) in [6.07, 6.45) is 6.48. The molecule has 0 radical (unpaired) electrons. The van der Waals surface area contributed by atoms with Gasteiger partial charge in [-0.3, -0.25) is 4.79 Å². The predicted octanol–water partition coefficient (Wildman–Crippen LogP) is 6.18. The first kappa shape index (κ1) is 39.3. The Morgan fingerprint density at radius 3 is 2.56 bits per heavy atom. The lowest BCUT2D eigenvalue weighted by atomic mass is 9.82. The van der Waals surface area contributed by atoms with Gasteiger partial charge in [0.2, 0.25) is 12.1 Å². The van der Waals surface area contributed by atoms with Crippen LogP contribution in [0, 0.1) is 28.1 Å². The fourth-order valence-electron chi connectivity index (χ4n) is 6.30. The van der Waals surface area contributed by atoms with E-state index in [1.54, 1.807) is 6.20 Å². The Labute approximate surface area is 311 Å². The lowest BCUT2D eigenvalue weighted by Gasteiger charge is -2.32. The number of halogens is 1. The molecule has 1 saturated heterocycles. The zero-order valence-electron chi connectivity index (χ0n) is 31.2. The van der Waals surface area contributed by atoms with Gasteiger partial charge in [-0.2, -0.15) is 5.26 Å². The van der Waals surface area contributed by atoms with Gasteiger partial charge < -0.3 is 30.2 Å². The molecule has 1 saturated carbocycles. The highest BCUT2D eigenvalue weighted by Crippen LogP contribution is 2.32. The van der Waals surface area contributed by atoms with Crippen LogP contribution in [0.25, 0.3) is 11.3 Å². The Hall–Kier alpha value is -3.90. The van der Waals surface area contributed by atoms with Crippen molar-refractivity contribution < 1.29 is 19.0 Å². The number of nitrogens with zero attached hydrogens (tertiary/aromatic N) is 7. The van der Waals surface area contributed by atoms with Crippen molar-refractivity contribution in [3.63, 3.8) is 0 Å². The van der Waals surface area contributed by atoms with Crippen LogP contribution in [-0.4, -0.2) is 80.6 Å². The van der Waals surface area contributed by atoms with Crippen LogP contribution >= 0.6 is 11.6 Å². The highest BCUT2D eigenvalue weighted by Gasteiger charge is 2.33. The Balaban J connectivity index is 1.05. The maximum atomic E-state index is 12.5. The zero-order valence-corrected chi connectivity index (χ0v) is 31.9. The molecule has 4 heterocycles. The number of nitrogens with one attached hydrogen (secondary N) is 3. The number of ether oxygens (including phenoxy) is 3. The zero-order chi connectivity index (χ0) is 37.3. The number of tetrazole rings is 1. The van der Waals surface area contributed by atoms with Crippen molar-refractivity contribution in [3.05, 3.63) is 41.3 Å². The topological polar surface area (TPSA) is 174 Å². The van der Waals surface area contributed by atoms with Crippen molar-refractivity contribution in [3.8, 4) is 17.3 Å². The van der Waals surface area contributed by atoms with Crippen LogP contribution in [0.2, 0.25) is 5.02 Å². The van der Waals surface area contributed by atoms with E-state index in [4.69, 9.17) is 30.8 Å². The summed E-state index contributed by atoms with van der Waals surface area (Å²) in [5.74, 6) is 1.56. The van der Waals surface area contributed by atoms with Crippen molar-refractivity contribution >= 4 is 29.2 Å². The third-order valence-electron chi connectivity index (χ3n) is 9.48. The van der Waals surface area contributed by atoms with Gasteiger partial charge in [-0.25, -0.2) is 9.97 Å². The maximum Gasteiger partial charge on any atom is 0.313 e. The van der Waals surface area contributed by atoms with Gasteiger partial charge >= 0.3 is 5.97 Å². The van der Waals surface area contributed by atoms with Gasteiger partial charge in [0.25, 0.3) is 0 Å². The standard InChI is InChI=1S/C37H53ClN10O4/c1-24(2)34(52-35(49)36(4,5)6)48-46-33(45-47-48)21-51-20-25(3)42-26-10-12-27(13-11-26)43-32-18-28(29(38)19-40-32)30-8-7-9-31(44-30)41-23-37(22-39)14-16-50-17-15-37/h7-9,18-19,24-27,34,42H,10-17,20-21,23H2,1-6H3,(H,40,43)(H,41,44)/t25-,26-,27-,34+/m0/s1. The number of rotatable bonds is 15. The van der Waals surface area contributed by atoms with Crippen molar-refractivity contribution in [2.75, 3.05) is 37.0 Å². The molecule has 15 heteroatoms. The molecule has 2 aliphatic rings. The molecule has 2 atom stereocenters. The Bertz CT molecular complexity index is 1660. The molecule has 0 spiro atoms. The largest absolute Gasteiger partial charge is 0.437 e. The first-order valence-corrected chi connectivity index (χ1v) is 18.7. The number of nitriles is 1. The maximum absolute atomic E-state index is 12.5. The number of hydrogen-bond donors (Lipinski definition) is 3. The van der Waals surface area contributed by atoms with E-state index in [-0.39, 0.29) is 24.5 Å². The van der Waals surface area contributed by atoms with E-state index >= 15 is 0 Å². The molecular weight excluding hydrogens is 684 g/mol. The molecule has 14 nitrogen and oxygen atoms in total. The number of aromatic nitrogens is 6. The summed E-state index contributed by atoms with van der Waals surface area (Å²) < 4.78 is 17.1. The second-order valence-corrected chi connectivity index (χ2v) is 15.8. The Morgan fingerprint density at radius 2 is 1.87 bits per heavy atom. The predicted molar refractivity (Wildman–Crippen MR) is 198 cm³/mol. The first-order valence-electron chi connectivity index (χ1n) is 18.3. The third-order valence-corrected chi connectivity index (χ3v) is 9.78. The fraction of sp³-hybridized carbons (Fsp3) is 0.649. The second-order valence-electron chi connectivity index (χ2n) is 15.4. The average molecular weight is 737 g/mol. The van der Waals surface area contributed by atoms with E-state index in [0.29, 0.717) is 68.0 Å². The number of esters is 1. The van der Waals surface area contributed by atoms with Gasteiger partial charge in [0.05, 0.1) is 34.2 Å². The monoisotopic (exact) mass is 736 g/mol. The lowest BCUT2D eigenvalue weighted by molar-refractivity contribution is -0.169. The lowest BCUT2D eigenvalue weighted by Crippen LogP contribution is -2.43. The van der Waals surface area contributed by atoms with E-state index in [0.717, 1.165) is 42.8 Å². The highest BCUT2D eigenvalue weighted by atomic mass is 35.5. The van der Waals surface area contributed by atoms with E-state index in [1.807, 2.05) is 58.9 Å². The number of carbonyl (C=O) groups excluding carboxylic acids is 1. The summed E-state index contributed by atoms with van der Waals surface area (Å²) >= 11 is 6.61. The van der Waals surface area contributed by atoms with Gasteiger partial charge in [0, 0.05) is 55.6 Å². The van der Waals surface area contributed by atoms with Gasteiger partial charge in [0.1, 0.15) is 18.2 Å². The SMILES string of the molecule is CC(C)[C@@H](OC(=O)C(C)(C)C)n1nnc(COC[C@H](C)N[C@H]2CC[C@H](Nc3cc(-c4cccc(NCC5(C#N)CCOCC5)n4)c(Cl)cn3)CC2)n1. The van der Waals surface area contributed by atoms with Crippen LogP contribution in [0.1, 0.15) is 92.1 Å². The summed E-state index contributed by atoms with van der Waals surface area (Å²) in [6, 6.07) is 11.0. The normalized spacial score (nSPS) is 20.1. The van der Waals surface area contributed by atoms with Crippen molar-refractivity contribution in [1.82, 2.24) is 35.5 Å². The molecule has 5 rings (SSSR count). The molecule has 1 aliphatic heterocycles. The summed E-state index contributed by atoms with van der Waals surface area (Å²) in [7, 11) is 0. The fourth-order valence-corrected chi connectivity index (χ4v) is 6.50. The molecule has 52 heavy (non-hydrogen) atoms. The van der Waals surface area contributed by atoms with E-state index in [1.165, 1.54) is 4.80 Å². The Morgan fingerprint density at radius 1 is 1.13 bits per heavy atom. The van der Waals surface area contributed by atoms with E-state index < -0.39 is 17.1 Å². The van der Waals surface area contributed by atoms with Crippen molar-refractivity contribution in [1.29, 1.82) is 5.26 Å². The van der Waals surface area contributed by atoms with Crippen LogP contribution in [0.3, 0.4) is 0 Å². The van der Waals surface area contributed by atoms with Crippen LogP contribution in [0.4, 0.5) is 11.6 Å². The minimum Gasteiger partial charge on any atom is -0.437 e. The van der Waals surface area contributed by atoms with Crippen LogP contribution in [0.5, 0.6) is 0 Å². The summed E-state index contributed by atoms with van der Waals surface area (Å²) in [4.78, 5) is 23.2. The molecule has 3 aromatic rings. The quantitative estimate of drug-likeness (QED) is 0.151. The molecule has 0 bridgehead atoms. The first-order chi connectivity index (χ1) is 24.8. The molecule has 282 valence electrons. The smallest absolute Gasteiger partial charge is 0.313 e. The average Bonchev–Trinajstić information content (AvgIpc) is 3.59. The third kappa shape index (κ3) is 10.8. The second kappa shape index (κ2) is 17.7. The van der Waals surface area contributed by atoms with E-state index in [2.05, 4.69) is 49.3 Å². The minimum atomic E-state index is -0.639. The molecule has 3 aromatic heterocycles. The van der Waals surface area contributed by atoms with Gasteiger partial charge in [-0.15, -0.1) is 15.0 Å².